The molecule has 1 atom stereocenters. The summed E-state index contributed by atoms with van der Waals surface area (Å²) in [7, 11) is 0. The van der Waals surface area contributed by atoms with Crippen LogP contribution in [0.3, 0.4) is 0 Å². The van der Waals surface area contributed by atoms with Crippen molar-refractivity contribution in [3.63, 3.8) is 0 Å². The summed E-state index contributed by atoms with van der Waals surface area (Å²) in [5.41, 5.74) is -0.175. The monoisotopic (exact) mass is 407 g/mol. The van der Waals surface area contributed by atoms with E-state index in [0.29, 0.717) is 12.0 Å². The summed E-state index contributed by atoms with van der Waals surface area (Å²) in [5.74, 6) is 0. The molecule has 3 rings (SSSR count). The molecule has 0 saturated carbocycles. The quantitative estimate of drug-likeness (QED) is 0.567. The van der Waals surface area contributed by atoms with Crippen LogP contribution in [0, 0.1) is 4.77 Å². The van der Waals surface area contributed by atoms with Crippen LogP contribution < -0.4 is 5.56 Å². The molecule has 0 aliphatic carbocycles. The van der Waals surface area contributed by atoms with Crippen molar-refractivity contribution in [2.75, 3.05) is 0 Å². The normalized spacial score (nSPS) is 13.1. The fourth-order valence-electron chi connectivity index (χ4n) is 3.12. The van der Waals surface area contributed by atoms with Crippen molar-refractivity contribution in [3.05, 3.63) is 56.6 Å². The van der Waals surface area contributed by atoms with Gasteiger partial charge in [-0.05, 0) is 43.6 Å². The van der Waals surface area contributed by atoms with Gasteiger partial charge in [0, 0.05) is 11.6 Å². The van der Waals surface area contributed by atoms with E-state index in [1.807, 2.05) is 32.9 Å². The molecular weight excluding hydrogens is 387 g/mol. The number of hydrogen-bond donors (Lipinski definition) is 1. The summed E-state index contributed by atoms with van der Waals surface area (Å²) in [6.45, 7) is 5.71. The van der Waals surface area contributed by atoms with Crippen molar-refractivity contribution in [1.82, 2.24) is 14.5 Å². The highest BCUT2D eigenvalue weighted by Crippen LogP contribution is 2.36. The maximum atomic E-state index is 13.8. The fourth-order valence-corrected chi connectivity index (χ4v) is 3.48. The van der Waals surface area contributed by atoms with Gasteiger partial charge in [-0.1, -0.05) is 38.1 Å². The molecule has 1 N–H and O–H groups in total. The summed E-state index contributed by atoms with van der Waals surface area (Å²) in [5, 5.41) is -0.490. The van der Waals surface area contributed by atoms with Gasteiger partial charge >= 0.3 is 6.18 Å². The maximum Gasteiger partial charge on any atom is 0.417 e. The predicted octanol–water partition coefficient (Wildman–Crippen LogP) is 5.67. The van der Waals surface area contributed by atoms with E-state index in [4.69, 9.17) is 12.2 Å². The number of benzene rings is 1. The largest absolute Gasteiger partial charge is 0.417 e. The number of alkyl halides is 3. The van der Waals surface area contributed by atoms with Crippen LogP contribution in [0.25, 0.3) is 22.3 Å². The first-order chi connectivity index (χ1) is 13.2. The number of fused-ring (bicyclic) bond motifs is 1. The Kier molecular flexibility index (Phi) is 5.43. The Balaban J connectivity index is 2.45. The van der Waals surface area contributed by atoms with E-state index < -0.39 is 22.7 Å². The average Bonchev–Trinajstić information content (AvgIpc) is 2.66. The predicted molar refractivity (Wildman–Crippen MR) is 106 cm³/mol. The molecule has 148 valence electrons. The van der Waals surface area contributed by atoms with Crippen LogP contribution in [-0.4, -0.2) is 14.5 Å². The van der Waals surface area contributed by atoms with E-state index in [0.717, 1.165) is 18.1 Å². The molecule has 0 aliphatic heterocycles. The molecule has 1 aromatic carbocycles. The topological polar surface area (TPSA) is 50.7 Å². The number of pyridine rings is 1. The molecule has 4 nitrogen and oxygen atoms in total. The van der Waals surface area contributed by atoms with Crippen molar-refractivity contribution < 1.29 is 13.2 Å². The Morgan fingerprint density at radius 3 is 2.39 bits per heavy atom. The molecule has 3 aromatic rings. The van der Waals surface area contributed by atoms with Gasteiger partial charge in [0.2, 0.25) is 0 Å². The second-order valence-electron chi connectivity index (χ2n) is 6.69. The molecule has 0 unspecified atom stereocenters. The minimum Gasteiger partial charge on any atom is -0.300 e. The minimum atomic E-state index is -4.71. The Morgan fingerprint density at radius 2 is 1.86 bits per heavy atom. The molecule has 0 aliphatic rings. The molecule has 0 saturated heterocycles. The van der Waals surface area contributed by atoms with Gasteiger partial charge < -0.3 is 0 Å². The van der Waals surface area contributed by atoms with Crippen LogP contribution in [-0.2, 0) is 12.6 Å². The third-order valence-electron chi connectivity index (χ3n) is 4.89. The standard InChI is InChI=1S/C20H20F3N3OS/c1-4-11(3)26-17-16(18(27)25-19(26)28)14(20(21,22)23)10-15(24-17)13-8-6-12(5-2)7-9-13/h6-11H,4-5H2,1-3H3,(H,25,27,28)/t11-/m0/s1. The van der Waals surface area contributed by atoms with Crippen molar-refractivity contribution in [1.29, 1.82) is 0 Å². The number of aryl methyl sites for hydroxylation is 1. The molecular formula is C20H20F3N3OS. The number of H-pyrrole nitrogens is 1. The zero-order valence-corrected chi connectivity index (χ0v) is 16.5. The maximum absolute atomic E-state index is 13.8. The zero-order valence-electron chi connectivity index (χ0n) is 15.7. The Bertz CT molecular complexity index is 1130. The van der Waals surface area contributed by atoms with E-state index >= 15 is 0 Å². The lowest BCUT2D eigenvalue weighted by molar-refractivity contribution is -0.136. The molecule has 0 amide bonds. The lowest BCUT2D eigenvalue weighted by Gasteiger charge is -2.19. The number of aromatic nitrogens is 3. The average molecular weight is 407 g/mol. The van der Waals surface area contributed by atoms with E-state index in [1.54, 1.807) is 12.1 Å². The molecule has 0 bridgehead atoms. The molecule has 2 aromatic heterocycles. The smallest absolute Gasteiger partial charge is 0.300 e. The van der Waals surface area contributed by atoms with Crippen LogP contribution in [0.4, 0.5) is 13.2 Å². The van der Waals surface area contributed by atoms with Gasteiger partial charge in [0.05, 0.1) is 16.6 Å². The van der Waals surface area contributed by atoms with E-state index in [1.165, 1.54) is 4.57 Å². The highest BCUT2D eigenvalue weighted by molar-refractivity contribution is 7.71. The first-order valence-electron chi connectivity index (χ1n) is 9.03. The van der Waals surface area contributed by atoms with Crippen molar-refractivity contribution in [3.8, 4) is 11.3 Å². The van der Waals surface area contributed by atoms with Crippen LogP contribution in [0.5, 0.6) is 0 Å². The summed E-state index contributed by atoms with van der Waals surface area (Å²) in [6.07, 6.45) is -3.27. The second-order valence-corrected chi connectivity index (χ2v) is 7.08. The van der Waals surface area contributed by atoms with E-state index in [2.05, 4.69) is 9.97 Å². The van der Waals surface area contributed by atoms with Crippen molar-refractivity contribution >= 4 is 23.3 Å². The lowest BCUT2D eigenvalue weighted by atomic mass is 10.0. The second kappa shape index (κ2) is 7.50. The number of rotatable bonds is 4. The molecule has 0 fully saturated rings. The summed E-state index contributed by atoms with van der Waals surface area (Å²) in [6, 6.07) is 7.90. The van der Waals surface area contributed by atoms with Gasteiger partial charge in [-0.25, -0.2) is 4.98 Å². The van der Waals surface area contributed by atoms with Crippen LogP contribution in [0.1, 0.15) is 44.4 Å². The highest BCUT2D eigenvalue weighted by atomic mass is 32.1. The van der Waals surface area contributed by atoms with Gasteiger partial charge in [-0.3, -0.25) is 14.3 Å². The van der Waals surface area contributed by atoms with Gasteiger partial charge in [-0.15, -0.1) is 0 Å². The SMILES string of the molecule is CCc1ccc(-c2cc(C(F)(F)F)c3c(=O)[nH]c(=S)n([C@@H](C)CC)c3n2)cc1. The number of nitrogens with one attached hydrogen (secondary N) is 1. The number of aromatic amines is 1. The van der Waals surface area contributed by atoms with Gasteiger partial charge in [0.25, 0.3) is 5.56 Å². The van der Waals surface area contributed by atoms with Crippen molar-refractivity contribution in [2.45, 2.75) is 45.8 Å². The van der Waals surface area contributed by atoms with Crippen LogP contribution in [0.15, 0.2) is 35.1 Å². The third kappa shape index (κ3) is 3.61. The summed E-state index contributed by atoms with van der Waals surface area (Å²) < 4.78 is 43.0. The van der Waals surface area contributed by atoms with E-state index in [9.17, 15) is 18.0 Å². The Morgan fingerprint density at radius 1 is 1.21 bits per heavy atom. The molecule has 8 heteroatoms. The Labute approximate surface area is 165 Å². The highest BCUT2D eigenvalue weighted by Gasteiger charge is 2.35. The number of hydrogen-bond acceptors (Lipinski definition) is 3. The van der Waals surface area contributed by atoms with Gasteiger partial charge in [0.15, 0.2) is 4.77 Å². The third-order valence-corrected chi connectivity index (χ3v) is 5.19. The van der Waals surface area contributed by atoms with Crippen LogP contribution >= 0.6 is 12.2 Å². The molecule has 2 heterocycles. The summed E-state index contributed by atoms with van der Waals surface area (Å²) >= 11 is 5.23. The van der Waals surface area contributed by atoms with Gasteiger partial charge in [0.1, 0.15) is 5.65 Å². The van der Waals surface area contributed by atoms with E-state index in [-0.39, 0.29) is 22.2 Å². The molecule has 0 radical (unpaired) electrons. The first kappa shape index (κ1) is 20.3. The van der Waals surface area contributed by atoms with Gasteiger partial charge in [-0.2, -0.15) is 13.2 Å². The van der Waals surface area contributed by atoms with Crippen molar-refractivity contribution in [2.24, 2.45) is 0 Å². The number of halogens is 3. The number of nitrogens with zero attached hydrogens (tertiary/aromatic N) is 2. The first-order valence-corrected chi connectivity index (χ1v) is 9.44. The molecule has 28 heavy (non-hydrogen) atoms. The zero-order chi connectivity index (χ0) is 20.6. The van der Waals surface area contributed by atoms with Crippen LogP contribution in [0.2, 0.25) is 0 Å². The Hall–Kier alpha value is -2.48. The molecule has 0 spiro atoms. The summed E-state index contributed by atoms with van der Waals surface area (Å²) in [4.78, 5) is 19.2. The minimum absolute atomic E-state index is 0.0486. The fraction of sp³-hybridized carbons (Fsp3) is 0.350. The lowest BCUT2D eigenvalue weighted by Crippen LogP contribution is -2.22.